The number of hydrogen-bond donors (Lipinski definition) is 3. The molecule has 30 heavy (non-hydrogen) atoms. The number of allylic oxidation sites excluding steroid dienone is 2. The maximum absolute atomic E-state index is 12.5. The number of hydrogen-bond acceptors (Lipinski definition) is 3. The highest BCUT2D eigenvalue weighted by Gasteiger charge is 2.71. The summed E-state index contributed by atoms with van der Waals surface area (Å²) >= 11 is 0. The summed E-state index contributed by atoms with van der Waals surface area (Å²) in [5.74, 6) is -4.76. The Kier molecular flexibility index (Phi) is 4.68. The molecule has 0 saturated heterocycles. The Morgan fingerprint density at radius 1 is 1.00 bits per heavy atom. The minimum atomic E-state index is -1.02. The van der Waals surface area contributed by atoms with Crippen LogP contribution in [0, 0.1) is 51.8 Å². The van der Waals surface area contributed by atoms with E-state index in [4.69, 9.17) is 0 Å². The molecule has 0 amide bonds. The second kappa shape index (κ2) is 6.57. The van der Waals surface area contributed by atoms with Crippen LogP contribution in [0.5, 0.6) is 0 Å². The summed E-state index contributed by atoms with van der Waals surface area (Å²) in [5.41, 5.74) is -0.709. The predicted molar refractivity (Wildman–Crippen MR) is 110 cm³/mol. The van der Waals surface area contributed by atoms with Gasteiger partial charge in [0.1, 0.15) is 0 Å². The molecule has 0 aromatic heterocycles. The second-order valence-electron chi connectivity index (χ2n) is 11.2. The van der Waals surface area contributed by atoms with Crippen LogP contribution in [-0.2, 0) is 14.4 Å². The highest BCUT2D eigenvalue weighted by molar-refractivity contribution is 5.83. The zero-order valence-electron chi connectivity index (χ0n) is 18.4. The van der Waals surface area contributed by atoms with Crippen molar-refractivity contribution in [2.24, 2.45) is 51.8 Å². The molecule has 6 nitrogen and oxygen atoms in total. The molecule has 0 heterocycles. The lowest BCUT2D eigenvalue weighted by atomic mass is 9.34. The van der Waals surface area contributed by atoms with Crippen molar-refractivity contribution in [1.29, 1.82) is 0 Å². The van der Waals surface area contributed by atoms with E-state index in [0.29, 0.717) is 25.7 Å². The number of carboxylic acids is 3. The zero-order valence-corrected chi connectivity index (χ0v) is 18.4. The molecule has 5 rings (SSSR count). The van der Waals surface area contributed by atoms with Crippen molar-refractivity contribution in [2.45, 2.75) is 66.2 Å². The number of carboxylic acid groups (broad SMARTS) is 3. The van der Waals surface area contributed by atoms with Crippen molar-refractivity contribution >= 4 is 17.9 Å². The minimum absolute atomic E-state index is 0.00641. The Balaban J connectivity index is 1.89. The fraction of sp³-hybridized carbons (Fsp3) is 0.792. The Labute approximate surface area is 177 Å². The quantitative estimate of drug-likeness (QED) is 0.587. The molecule has 1 spiro atoms. The van der Waals surface area contributed by atoms with Crippen LogP contribution in [0.2, 0.25) is 0 Å². The van der Waals surface area contributed by atoms with Crippen molar-refractivity contribution in [3.05, 3.63) is 11.6 Å². The molecular formula is C24H34O6. The van der Waals surface area contributed by atoms with Gasteiger partial charge in [0.2, 0.25) is 0 Å². The molecule has 5 aliphatic rings. The average Bonchev–Trinajstić information content (AvgIpc) is 2.65. The highest BCUT2D eigenvalue weighted by atomic mass is 16.4. The second-order valence-corrected chi connectivity index (χ2v) is 11.2. The maximum atomic E-state index is 12.5. The summed E-state index contributed by atoms with van der Waals surface area (Å²) < 4.78 is 0. The normalized spacial score (nSPS) is 47.2. The Hall–Kier alpha value is -1.85. The first kappa shape index (κ1) is 21.4. The summed E-state index contributed by atoms with van der Waals surface area (Å²) in [4.78, 5) is 37.0. The molecule has 0 aromatic carbocycles. The third-order valence-corrected chi connectivity index (χ3v) is 9.72. The van der Waals surface area contributed by atoms with E-state index in [-0.39, 0.29) is 29.1 Å². The van der Waals surface area contributed by atoms with Crippen molar-refractivity contribution < 1.29 is 29.7 Å². The van der Waals surface area contributed by atoms with Gasteiger partial charge in [-0.1, -0.05) is 38.8 Å². The summed E-state index contributed by atoms with van der Waals surface area (Å²) in [6.07, 6.45) is 6.36. The van der Waals surface area contributed by atoms with E-state index < -0.39 is 40.6 Å². The molecule has 0 aromatic rings. The fourth-order valence-corrected chi connectivity index (χ4v) is 8.56. The van der Waals surface area contributed by atoms with Gasteiger partial charge in [-0.3, -0.25) is 14.4 Å². The molecule has 3 saturated carbocycles. The van der Waals surface area contributed by atoms with E-state index in [1.807, 2.05) is 6.92 Å². The SMILES string of the molecule is CC(C)C1=C[C@@]23CC[C@@H]4[C@](C)(CCC[C@@]4(C)C(=O)O)[C@H]2C[C@@H]1[C@H](C(=O)O)C3C(=O)O. The lowest BCUT2D eigenvalue weighted by molar-refractivity contribution is -0.207. The van der Waals surface area contributed by atoms with E-state index >= 15 is 0 Å². The van der Waals surface area contributed by atoms with Crippen molar-refractivity contribution in [2.75, 3.05) is 0 Å². The van der Waals surface area contributed by atoms with Crippen LogP contribution in [0.3, 0.4) is 0 Å². The van der Waals surface area contributed by atoms with E-state index in [1.165, 1.54) is 0 Å². The van der Waals surface area contributed by atoms with Gasteiger partial charge in [-0.25, -0.2) is 0 Å². The van der Waals surface area contributed by atoms with Crippen molar-refractivity contribution in [3.63, 3.8) is 0 Å². The molecule has 0 aliphatic heterocycles. The maximum Gasteiger partial charge on any atom is 0.309 e. The molecule has 6 heteroatoms. The molecule has 5 aliphatic carbocycles. The summed E-state index contributed by atoms with van der Waals surface area (Å²) in [7, 11) is 0. The summed E-state index contributed by atoms with van der Waals surface area (Å²) in [5, 5.41) is 30.3. The molecule has 166 valence electrons. The van der Waals surface area contributed by atoms with Gasteiger partial charge in [0.25, 0.3) is 0 Å². The molecule has 3 fully saturated rings. The predicted octanol–water partition coefficient (Wildman–Crippen LogP) is 4.30. The number of rotatable bonds is 4. The molecule has 3 N–H and O–H groups in total. The van der Waals surface area contributed by atoms with Crippen LogP contribution >= 0.6 is 0 Å². The smallest absolute Gasteiger partial charge is 0.309 e. The number of fused-ring (bicyclic) bond motifs is 2. The van der Waals surface area contributed by atoms with E-state index in [9.17, 15) is 29.7 Å². The van der Waals surface area contributed by atoms with Gasteiger partial charge in [0, 0.05) is 5.41 Å². The summed E-state index contributed by atoms with van der Waals surface area (Å²) in [6.45, 7) is 8.15. The van der Waals surface area contributed by atoms with Crippen molar-refractivity contribution in [1.82, 2.24) is 0 Å². The van der Waals surface area contributed by atoms with E-state index in [0.717, 1.165) is 18.4 Å². The first-order chi connectivity index (χ1) is 13.9. The average molecular weight is 419 g/mol. The monoisotopic (exact) mass is 418 g/mol. The van der Waals surface area contributed by atoms with Gasteiger partial charge in [-0.2, -0.15) is 0 Å². The van der Waals surface area contributed by atoms with E-state index in [2.05, 4.69) is 26.8 Å². The van der Waals surface area contributed by atoms with Gasteiger partial charge in [0.15, 0.2) is 0 Å². The lowest BCUT2D eigenvalue weighted by Crippen LogP contribution is -2.66. The van der Waals surface area contributed by atoms with Crippen LogP contribution in [0.25, 0.3) is 0 Å². The largest absolute Gasteiger partial charge is 0.481 e. The Morgan fingerprint density at radius 2 is 1.67 bits per heavy atom. The lowest BCUT2D eigenvalue weighted by Gasteiger charge is -2.68. The molecule has 2 bridgehead atoms. The summed E-state index contributed by atoms with van der Waals surface area (Å²) in [6, 6.07) is 0. The fourth-order valence-electron chi connectivity index (χ4n) is 8.56. The van der Waals surface area contributed by atoms with Crippen LogP contribution < -0.4 is 0 Å². The Morgan fingerprint density at radius 3 is 2.20 bits per heavy atom. The van der Waals surface area contributed by atoms with Crippen molar-refractivity contribution in [3.8, 4) is 0 Å². The molecule has 0 radical (unpaired) electrons. The van der Waals surface area contributed by atoms with E-state index in [1.54, 1.807) is 0 Å². The van der Waals surface area contributed by atoms with Gasteiger partial charge in [-0.05, 0) is 68.1 Å². The first-order valence-electron chi connectivity index (χ1n) is 11.3. The first-order valence-corrected chi connectivity index (χ1v) is 11.3. The highest BCUT2D eigenvalue weighted by Crippen LogP contribution is 2.73. The van der Waals surface area contributed by atoms with Gasteiger partial charge < -0.3 is 15.3 Å². The number of aliphatic carboxylic acids is 3. The third-order valence-electron chi connectivity index (χ3n) is 9.72. The minimum Gasteiger partial charge on any atom is -0.481 e. The standard InChI is InChI=1S/C24H34O6/c1-12(2)14-11-24-9-6-15-22(3,7-5-8-23(15,4)21(29)30)16(24)10-13(14)17(19(25)26)18(24)20(27)28/h11-13,15-18H,5-10H2,1-4H3,(H,25,26)(H,27,28)(H,29,30)/t13-,15+,16+,17-,18?,22-,23+,24-/m0/s1. The molecular weight excluding hydrogens is 384 g/mol. The number of carbonyl (C=O) groups is 3. The van der Waals surface area contributed by atoms with Gasteiger partial charge >= 0.3 is 17.9 Å². The van der Waals surface area contributed by atoms with Crippen LogP contribution in [0.15, 0.2) is 11.6 Å². The topological polar surface area (TPSA) is 112 Å². The van der Waals surface area contributed by atoms with Crippen LogP contribution in [0.4, 0.5) is 0 Å². The van der Waals surface area contributed by atoms with Crippen LogP contribution in [-0.4, -0.2) is 33.2 Å². The van der Waals surface area contributed by atoms with Crippen LogP contribution in [0.1, 0.15) is 66.2 Å². The zero-order chi connectivity index (χ0) is 22.2. The molecule has 1 unspecified atom stereocenters. The Bertz CT molecular complexity index is 830. The molecule has 8 atom stereocenters. The van der Waals surface area contributed by atoms with Gasteiger partial charge in [0.05, 0.1) is 17.3 Å². The third kappa shape index (κ3) is 2.51. The van der Waals surface area contributed by atoms with Gasteiger partial charge in [-0.15, -0.1) is 0 Å².